The Bertz CT molecular complexity index is 471. The predicted molar refractivity (Wildman–Crippen MR) is 66.8 cm³/mol. The third kappa shape index (κ3) is 1.37. The summed E-state index contributed by atoms with van der Waals surface area (Å²) in [4.78, 5) is 0. The third-order valence-electron chi connectivity index (χ3n) is 5.16. The van der Waals surface area contributed by atoms with E-state index in [-0.39, 0.29) is 11.5 Å². The lowest BCUT2D eigenvalue weighted by atomic mass is 9.59. The lowest BCUT2D eigenvalue weighted by Gasteiger charge is -2.47. The number of fused-ring (bicyclic) bond motifs is 2. The van der Waals surface area contributed by atoms with Crippen LogP contribution in [-0.2, 0) is 6.42 Å². The zero-order valence-corrected chi connectivity index (χ0v) is 10.7. The van der Waals surface area contributed by atoms with Crippen molar-refractivity contribution >= 4 is 0 Å². The van der Waals surface area contributed by atoms with Gasteiger partial charge in [-0.05, 0) is 30.9 Å². The Morgan fingerprint density at radius 1 is 1.47 bits per heavy atom. The van der Waals surface area contributed by atoms with Crippen LogP contribution in [0.4, 0.5) is 0 Å². The van der Waals surface area contributed by atoms with Crippen LogP contribution in [0.15, 0.2) is 28.4 Å². The van der Waals surface area contributed by atoms with Crippen LogP contribution >= 0.6 is 0 Å². The first kappa shape index (κ1) is 11.1. The molecule has 3 unspecified atom stereocenters. The summed E-state index contributed by atoms with van der Waals surface area (Å²) in [7, 11) is 0. The quantitative estimate of drug-likeness (QED) is 0.696. The summed E-state index contributed by atoms with van der Waals surface area (Å²) in [5.74, 6) is 1.96. The molecule has 1 heterocycles. The highest BCUT2D eigenvalue weighted by molar-refractivity contribution is 5.34. The Balaban J connectivity index is 2.19. The molecule has 0 radical (unpaired) electrons. The van der Waals surface area contributed by atoms with Gasteiger partial charge in [-0.3, -0.25) is 0 Å². The summed E-state index contributed by atoms with van der Waals surface area (Å²) in [5, 5.41) is 10.6. The van der Waals surface area contributed by atoms with Crippen molar-refractivity contribution in [3.8, 4) is 0 Å². The molecule has 4 atom stereocenters. The maximum Gasteiger partial charge on any atom is 0.113 e. The second-order valence-corrected chi connectivity index (χ2v) is 5.91. The Kier molecular flexibility index (Phi) is 2.27. The van der Waals surface area contributed by atoms with Gasteiger partial charge >= 0.3 is 0 Å². The maximum absolute atomic E-state index is 10.6. The molecule has 17 heavy (non-hydrogen) atoms. The number of aliphatic hydroxyl groups excluding tert-OH is 1. The molecule has 0 amide bonds. The maximum atomic E-state index is 10.6. The highest BCUT2D eigenvalue weighted by Crippen LogP contribution is 2.51. The second kappa shape index (κ2) is 3.49. The molecule has 2 bridgehead atoms. The van der Waals surface area contributed by atoms with Gasteiger partial charge in [-0.25, -0.2) is 0 Å². The Morgan fingerprint density at radius 3 is 2.94 bits per heavy atom. The van der Waals surface area contributed by atoms with Crippen LogP contribution in [0.2, 0.25) is 0 Å². The minimum absolute atomic E-state index is 0.0779. The minimum atomic E-state index is -0.314. The molecule has 2 nitrogen and oxygen atoms in total. The number of hydrogen-bond donors (Lipinski definition) is 1. The van der Waals surface area contributed by atoms with Crippen LogP contribution in [-0.4, -0.2) is 11.2 Å². The van der Waals surface area contributed by atoms with Crippen molar-refractivity contribution in [2.24, 2.45) is 11.3 Å². The van der Waals surface area contributed by atoms with Crippen molar-refractivity contribution in [2.45, 2.75) is 45.6 Å². The lowest BCUT2D eigenvalue weighted by Crippen LogP contribution is -2.44. The van der Waals surface area contributed by atoms with Crippen molar-refractivity contribution in [3.63, 3.8) is 0 Å². The highest BCUT2D eigenvalue weighted by atomic mass is 16.3. The van der Waals surface area contributed by atoms with Crippen LogP contribution in [0.1, 0.15) is 44.4 Å². The van der Waals surface area contributed by atoms with E-state index in [0.29, 0.717) is 18.3 Å². The van der Waals surface area contributed by atoms with Crippen molar-refractivity contribution in [1.82, 2.24) is 0 Å². The first-order chi connectivity index (χ1) is 8.03. The van der Waals surface area contributed by atoms with E-state index in [1.54, 1.807) is 6.26 Å². The number of aliphatic hydroxyl groups is 1. The van der Waals surface area contributed by atoms with Crippen molar-refractivity contribution < 1.29 is 9.52 Å². The zero-order valence-electron chi connectivity index (χ0n) is 10.7. The molecule has 1 aromatic rings. The van der Waals surface area contributed by atoms with Crippen molar-refractivity contribution in [3.05, 3.63) is 35.3 Å². The minimum Gasteiger partial charge on any atom is -0.468 e. The summed E-state index contributed by atoms with van der Waals surface area (Å²) in [6.45, 7) is 6.61. The van der Waals surface area contributed by atoms with E-state index in [1.165, 1.54) is 11.1 Å². The Morgan fingerprint density at radius 2 is 2.24 bits per heavy atom. The number of hydrogen-bond acceptors (Lipinski definition) is 2. The first-order valence-electron chi connectivity index (χ1n) is 6.46. The number of allylic oxidation sites excluding steroid dienone is 1. The summed E-state index contributed by atoms with van der Waals surface area (Å²) in [6, 6.07) is 2.01. The van der Waals surface area contributed by atoms with Crippen LogP contribution in [0.5, 0.6) is 0 Å². The van der Waals surface area contributed by atoms with E-state index in [1.807, 2.05) is 6.07 Å². The lowest BCUT2D eigenvalue weighted by molar-refractivity contribution is 0.0114. The van der Waals surface area contributed by atoms with Gasteiger partial charge in [0.1, 0.15) is 5.76 Å². The molecule has 0 spiro atoms. The van der Waals surface area contributed by atoms with E-state index in [2.05, 4.69) is 26.8 Å². The summed E-state index contributed by atoms with van der Waals surface area (Å²) in [6.07, 6.45) is 5.53. The van der Waals surface area contributed by atoms with E-state index in [4.69, 9.17) is 4.42 Å². The summed E-state index contributed by atoms with van der Waals surface area (Å²) in [5.41, 5.74) is 2.42. The predicted octanol–water partition coefficient (Wildman–Crippen LogP) is 3.27. The molecular formula is C15H20O2. The molecule has 3 aliphatic carbocycles. The van der Waals surface area contributed by atoms with Gasteiger partial charge in [0.2, 0.25) is 0 Å². The third-order valence-corrected chi connectivity index (χ3v) is 5.16. The Labute approximate surface area is 102 Å². The molecule has 2 heteroatoms. The van der Waals surface area contributed by atoms with E-state index >= 15 is 0 Å². The number of furan rings is 1. The average molecular weight is 232 g/mol. The van der Waals surface area contributed by atoms with Gasteiger partial charge in [0, 0.05) is 17.8 Å². The van der Waals surface area contributed by atoms with Gasteiger partial charge < -0.3 is 9.52 Å². The topological polar surface area (TPSA) is 33.4 Å². The van der Waals surface area contributed by atoms with Crippen LogP contribution in [0.25, 0.3) is 0 Å². The summed E-state index contributed by atoms with van der Waals surface area (Å²) >= 11 is 0. The smallest absolute Gasteiger partial charge is 0.113 e. The second-order valence-electron chi connectivity index (χ2n) is 5.91. The molecule has 0 aliphatic heterocycles. The largest absolute Gasteiger partial charge is 0.468 e. The molecule has 3 aliphatic rings. The molecule has 0 aromatic carbocycles. The molecule has 92 valence electrons. The first-order valence-corrected chi connectivity index (χ1v) is 6.46. The van der Waals surface area contributed by atoms with Gasteiger partial charge in [-0.1, -0.05) is 25.5 Å². The van der Waals surface area contributed by atoms with Gasteiger partial charge in [0.05, 0.1) is 12.4 Å². The van der Waals surface area contributed by atoms with Gasteiger partial charge in [0.25, 0.3) is 0 Å². The number of rotatable bonds is 0. The molecule has 0 fully saturated rings. The molecule has 1 N–H and O–H groups in total. The van der Waals surface area contributed by atoms with Crippen LogP contribution < -0.4 is 0 Å². The normalized spacial score (nSPS) is 40.5. The average Bonchev–Trinajstić information content (AvgIpc) is 2.71. The fourth-order valence-corrected chi connectivity index (χ4v) is 3.60. The molecule has 4 rings (SSSR count). The summed E-state index contributed by atoms with van der Waals surface area (Å²) < 4.78 is 5.64. The Hall–Kier alpha value is -1.02. The van der Waals surface area contributed by atoms with Crippen LogP contribution in [0, 0.1) is 11.3 Å². The van der Waals surface area contributed by atoms with Gasteiger partial charge in [-0.15, -0.1) is 0 Å². The van der Waals surface area contributed by atoms with E-state index < -0.39 is 0 Å². The molecule has 0 saturated heterocycles. The SMILES string of the molecule is CC1=CC2CC(C)C1(C)[C@@H](O)Cc1ccoc12. The van der Waals surface area contributed by atoms with Crippen LogP contribution in [0.3, 0.4) is 0 Å². The van der Waals surface area contributed by atoms with E-state index in [0.717, 1.165) is 12.2 Å². The zero-order chi connectivity index (χ0) is 12.2. The fraction of sp³-hybridized carbons (Fsp3) is 0.600. The highest BCUT2D eigenvalue weighted by Gasteiger charge is 2.46. The fourth-order valence-electron chi connectivity index (χ4n) is 3.60. The molecule has 1 aromatic heterocycles. The molecule has 0 saturated carbocycles. The standard InChI is InChI=1S/C15H20O2/c1-9-6-12-7-10(2)15(9,3)13(16)8-11-4-5-17-14(11)12/h4-6,10,12-13,16H,7-8H2,1-3H3/t10?,12?,13-,15?/m0/s1. The molecular weight excluding hydrogens is 212 g/mol. The van der Waals surface area contributed by atoms with Crippen molar-refractivity contribution in [1.29, 1.82) is 0 Å². The monoisotopic (exact) mass is 232 g/mol. The van der Waals surface area contributed by atoms with E-state index in [9.17, 15) is 5.11 Å². The van der Waals surface area contributed by atoms with Crippen molar-refractivity contribution in [2.75, 3.05) is 0 Å². The van der Waals surface area contributed by atoms with Gasteiger partial charge in [0.15, 0.2) is 0 Å². The van der Waals surface area contributed by atoms with Gasteiger partial charge in [-0.2, -0.15) is 0 Å².